The van der Waals surface area contributed by atoms with E-state index < -0.39 is 12.1 Å². The van der Waals surface area contributed by atoms with E-state index in [9.17, 15) is 19.8 Å². The van der Waals surface area contributed by atoms with Crippen molar-refractivity contribution < 1.29 is 24.5 Å². The summed E-state index contributed by atoms with van der Waals surface area (Å²) in [5.74, 6) is -0.0831. The zero-order chi connectivity index (χ0) is 44.4. The minimum Gasteiger partial charge on any atom is -0.466 e. The third-order valence-electron chi connectivity index (χ3n) is 12.1. The molecule has 358 valence electrons. The van der Waals surface area contributed by atoms with Gasteiger partial charge in [0.15, 0.2) is 0 Å². The molecular formula is C55H103NO5. The van der Waals surface area contributed by atoms with E-state index in [1.54, 1.807) is 6.08 Å². The molecule has 0 spiro atoms. The fraction of sp³-hybridized carbons (Fsp3) is 0.855. The van der Waals surface area contributed by atoms with Crippen molar-refractivity contribution in [3.05, 3.63) is 36.5 Å². The highest BCUT2D eigenvalue weighted by Gasteiger charge is 2.18. The first-order valence-corrected chi connectivity index (χ1v) is 26.8. The molecule has 3 N–H and O–H groups in total. The van der Waals surface area contributed by atoms with Crippen LogP contribution in [0.1, 0.15) is 277 Å². The maximum Gasteiger partial charge on any atom is 0.305 e. The number of hydrogen-bond donors (Lipinski definition) is 3. The number of carbonyl (C=O) groups excluding carboxylic acids is 2. The van der Waals surface area contributed by atoms with E-state index in [1.165, 1.54) is 199 Å². The second-order valence-corrected chi connectivity index (χ2v) is 18.2. The summed E-state index contributed by atoms with van der Waals surface area (Å²) in [5, 5.41) is 23.0. The van der Waals surface area contributed by atoms with Gasteiger partial charge in [-0.1, -0.05) is 217 Å². The fourth-order valence-corrected chi connectivity index (χ4v) is 7.97. The molecule has 6 heteroatoms. The number of rotatable bonds is 49. The van der Waals surface area contributed by atoms with E-state index in [0.717, 1.165) is 51.4 Å². The molecule has 2 atom stereocenters. The van der Waals surface area contributed by atoms with Crippen LogP contribution in [-0.4, -0.2) is 47.4 Å². The molecule has 0 aromatic carbocycles. The van der Waals surface area contributed by atoms with E-state index in [-0.39, 0.29) is 18.5 Å². The first-order valence-electron chi connectivity index (χ1n) is 26.8. The van der Waals surface area contributed by atoms with Crippen molar-refractivity contribution in [1.29, 1.82) is 0 Å². The molecule has 61 heavy (non-hydrogen) atoms. The summed E-state index contributed by atoms with van der Waals surface area (Å²) < 4.78 is 5.46. The summed E-state index contributed by atoms with van der Waals surface area (Å²) in [6.45, 7) is 4.86. The summed E-state index contributed by atoms with van der Waals surface area (Å²) in [6, 6.07) is -0.633. The fourth-order valence-electron chi connectivity index (χ4n) is 7.97. The van der Waals surface area contributed by atoms with Gasteiger partial charge in [0.25, 0.3) is 0 Å². The third kappa shape index (κ3) is 47.4. The zero-order valence-electron chi connectivity index (χ0n) is 40.6. The Labute approximate surface area is 379 Å². The highest BCUT2D eigenvalue weighted by molar-refractivity contribution is 5.76. The van der Waals surface area contributed by atoms with E-state index in [1.807, 2.05) is 6.08 Å². The van der Waals surface area contributed by atoms with Crippen LogP contribution in [0, 0.1) is 0 Å². The molecule has 1 amide bonds. The van der Waals surface area contributed by atoms with E-state index in [4.69, 9.17) is 4.74 Å². The van der Waals surface area contributed by atoms with Crippen molar-refractivity contribution in [1.82, 2.24) is 5.32 Å². The summed E-state index contributed by atoms with van der Waals surface area (Å²) in [5.41, 5.74) is 0. The maximum absolute atomic E-state index is 12.4. The van der Waals surface area contributed by atoms with Gasteiger partial charge in [0, 0.05) is 12.8 Å². The van der Waals surface area contributed by atoms with Gasteiger partial charge in [-0.2, -0.15) is 0 Å². The lowest BCUT2D eigenvalue weighted by Crippen LogP contribution is -2.45. The summed E-state index contributed by atoms with van der Waals surface area (Å²) in [7, 11) is 0. The zero-order valence-corrected chi connectivity index (χ0v) is 40.6. The van der Waals surface area contributed by atoms with Gasteiger partial charge in [0.05, 0.1) is 25.4 Å². The maximum atomic E-state index is 12.4. The van der Waals surface area contributed by atoms with E-state index in [2.05, 4.69) is 43.5 Å². The molecule has 0 fully saturated rings. The average Bonchev–Trinajstić information content (AvgIpc) is 3.26. The highest BCUT2D eigenvalue weighted by Crippen LogP contribution is 2.15. The predicted octanol–water partition coefficient (Wildman–Crippen LogP) is 16.1. The van der Waals surface area contributed by atoms with Gasteiger partial charge >= 0.3 is 5.97 Å². The number of allylic oxidation sites excluding steroid dienone is 5. The van der Waals surface area contributed by atoms with Crippen LogP contribution in [-0.2, 0) is 14.3 Å². The van der Waals surface area contributed by atoms with Gasteiger partial charge in [-0.15, -0.1) is 0 Å². The molecule has 2 unspecified atom stereocenters. The van der Waals surface area contributed by atoms with Crippen LogP contribution in [0.3, 0.4) is 0 Å². The van der Waals surface area contributed by atoms with Gasteiger partial charge in [-0.3, -0.25) is 9.59 Å². The number of amides is 1. The molecule has 0 saturated heterocycles. The lowest BCUT2D eigenvalue weighted by atomic mass is 10.1. The molecule has 0 saturated carbocycles. The Hall–Kier alpha value is -1.92. The average molecular weight is 858 g/mol. The van der Waals surface area contributed by atoms with Crippen LogP contribution >= 0.6 is 0 Å². The molecule has 0 aliphatic heterocycles. The summed E-state index contributed by atoms with van der Waals surface area (Å²) >= 11 is 0. The van der Waals surface area contributed by atoms with Crippen LogP contribution < -0.4 is 5.32 Å². The Morgan fingerprint density at radius 1 is 0.443 bits per heavy atom. The van der Waals surface area contributed by atoms with Gasteiger partial charge in [-0.05, 0) is 83.5 Å². The SMILES string of the molecule is CCCCCC/C=C\CCCCCCCC(=O)OCCCCCCCCCCC/C=C\CCCCCCCCCC(=O)NC(CO)C(O)/C=C/CCCCCCCCCCC. The van der Waals surface area contributed by atoms with Crippen molar-refractivity contribution in [3.63, 3.8) is 0 Å². The number of carbonyl (C=O) groups is 2. The third-order valence-corrected chi connectivity index (χ3v) is 12.1. The summed E-state index contributed by atoms with van der Waals surface area (Å²) in [6.07, 6.45) is 61.5. The number of ether oxygens (including phenoxy) is 1. The Balaban J connectivity index is 3.45. The van der Waals surface area contributed by atoms with Crippen LogP contribution in [0.5, 0.6) is 0 Å². The molecule has 0 rings (SSSR count). The lowest BCUT2D eigenvalue weighted by Gasteiger charge is -2.20. The van der Waals surface area contributed by atoms with Crippen LogP contribution in [0.4, 0.5) is 0 Å². The largest absolute Gasteiger partial charge is 0.466 e. The molecule has 0 bridgehead atoms. The second-order valence-electron chi connectivity index (χ2n) is 18.2. The number of esters is 1. The Morgan fingerprint density at radius 3 is 1.18 bits per heavy atom. The molecule has 0 aliphatic rings. The quantitative estimate of drug-likeness (QED) is 0.0322. The second kappa shape index (κ2) is 50.7. The molecular weight excluding hydrogens is 755 g/mol. The monoisotopic (exact) mass is 858 g/mol. The number of aliphatic hydroxyl groups is 2. The van der Waals surface area contributed by atoms with Crippen LogP contribution in [0.25, 0.3) is 0 Å². The topological polar surface area (TPSA) is 95.9 Å². The van der Waals surface area contributed by atoms with E-state index >= 15 is 0 Å². The Bertz CT molecular complexity index is 993. The molecule has 0 radical (unpaired) electrons. The highest BCUT2D eigenvalue weighted by atomic mass is 16.5. The normalized spacial score (nSPS) is 12.9. The molecule has 0 aliphatic carbocycles. The van der Waals surface area contributed by atoms with Crippen molar-refractivity contribution in [2.75, 3.05) is 13.2 Å². The number of hydrogen-bond acceptors (Lipinski definition) is 5. The van der Waals surface area contributed by atoms with Crippen molar-refractivity contribution in [2.24, 2.45) is 0 Å². The molecule has 6 nitrogen and oxygen atoms in total. The number of unbranched alkanes of at least 4 members (excludes halogenated alkanes) is 34. The minimum absolute atomic E-state index is 0.00444. The lowest BCUT2D eigenvalue weighted by molar-refractivity contribution is -0.143. The number of aliphatic hydroxyl groups excluding tert-OH is 2. The van der Waals surface area contributed by atoms with Crippen molar-refractivity contribution >= 4 is 11.9 Å². The van der Waals surface area contributed by atoms with Crippen LogP contribution in [0.2, 0.25) is 0 Å². The Morgan fingerprint density at radius 2 is 0.770 bits per heavy atom. The molecule has 0 aromatic heterocycles. The number of nitrogens with one attached hydrogen (secondary N) is 1. The summed E-state index contributed by atoms with van der Waals surface area (Å²) in [4.78, 5) is 24.4. The smallest absolute Gasteiger partial charge is 0.305 e. The van der Waals surface area contributed by atoms with Crippen molar-refractivity contribution in [3.8, 4) is 0 Å². The van der Waals surface area contributed by atoms with Crippen LogP contribution in [0.15, 0.2) is 36.5 Å². The van der Waals surface area contributed by atoms with Gasteiger partial charge < -0.3 is 20.3 Å². The molecule has 0 aromatic rings. The van der Waals surface area contributed by atoms with E-state index in [0.29, 0.717) is 19.4 Å². The van der Waals surface area contributed by atoms with Gasteiger partial charge in [0.1, 0.15) is 0 Å². The standard InChI is InChI=1S/C55H103NO5/c1-3-5-7-9-11-13-15-24-29-33-37-41-45-49-55(60)61-50-46-42-38-34-30-26-23-21-19-17-16-18-20-22-25-28-32-36-40-44-48-54(59)56-52(51-57)53(58)47-43-39-35-31-27-14-12-10-8-6-4-2/h13,15-16,18,43,47,52-53,57-58H,3-12,14,17,19-42,44-46,48-51H2,1-2H3,(H,56,59)/b15-13-,18-16-,47-43+. The van der Waals surface area contributed by atoms with Gasteiger partial charge in [-0.25, -0.2) is 0 Å². The Kier molecular flexibility index (Phi) is 49.1. The predicted molar refractivity (Wildman–Crippen MR) is 264 cm³/mol. The molecule has 0 heterocycles. The first kappa shape index (κ1) is 59.1. The van der Waals surface area contributed by atoms with Crippen molar-refractivity contribution in [2.45, 2.75) is 289 Å². The minimum atomic E-state index is -0.848. The first-order chi connectivity index (χ1) is 30.0. The van der Waals surface area contributed by atoms with Gasteiger partial charge in [0.2, 0.25) is 5.91 Å².